The smallest absolute Gasteiger partial charge is 0.326 e. The van der Waals surface area contributed by atoms with Crippen molar-refractivity contribution in [3.63, 3.8) is 0 Å². The lowest BCUT2D eigenvalue weighted by molar-refractivity contribution is -0.142. The predicted octanol–water partition coefficient (Wildman–Crippen LogP) is 2.08. The third-order valence-corrected chi connectivity index (χ3v) is 3.03. The summed E-state index contributed by atoms with van der Waals surface area (Å²) in [5.41, 5.74) is 6.81. The second-order valence-electron chi connectivity index (χ2n) is 5.11. The quantitative estimate of drug-likeness (QED) is 0.701. The van der Waals surface area contributed by atoms with Gasteiger partial charge in [-0.1, -0.05) is 31.5 Å². The Morgan fingerprint density at radius 3 is 2.55 bits per heavy atom. The SMILES string of the molecule is CC(C)C[C@H](NC(=O)Cc1ccc(Cl)cc1N)C(=O)O. The summed E-state index contributed by atoms with van der Waals surface area (Å²) in [7, 11) is 0. The van der Waals surface area contributed by atoms with Gasteiger partial charge in [0.2, 0.25) is 5.91 Å². The number of carbonyl (C=O) groups is 2. The lowest BCUT2D eigenvalue weighted by Gasteiger charge is -2.16. The van der Waals surface area contributed by atoms with E-state index >= 15 is 0 Å². The monoisotopic (exact) mass is 298 g/mol. The topological polar surface area (TPSA) is 92.4 Å². The molecule has 1 aromatic rings. The maximum Gasteiger partial charge on any atom is 0.326 e. The van der Waals surface area contributed by atoms with Crippen LogP contribution in [0, 0.1) is 5.92 Å². The lowest BCUT2D eigenvalue weighted by atomic mass is 10.0. The van der Waals surface area contributed by atoms with Gasteiger partial charge in [-0.2, -0.15) is 0 Å². The molecule has 0 aliphatic heterocycles. The van der Waals surface area contributed by atoms with Gasteiger partial charge in [0.25, 0.3) is 0 Å². The number of carboxylic acids is 1. The van der Waals surface area contributed by atoms with E-state index in [9.17, 15) is 9.59 Å². The van der Waals surface area contributed by atoms with Crippen LogP contribution in [-0.2, 0) is 16.0 Å². The Morgan fingerprint density at radius 1 is 1.40 bits per heavy atom. The first-order valence-electron chi connectivity index (χ1n) is 6.35. The molecule has 6 heteroatoms. The molecule has 1 amide bonds. The number of carboxylic acid groups (broad SMARTS) is 1. The molecular weight excluding hydrogens is 280 g/mol. The number of amides is 1. The maximum atomic E-state index is 11.9. The molecule has 20 heavy (non-hydrogen) atoms. The average molecular weight is 299 g/mol. The molecule has 0 spiro atoms. The van der Waals surface area contributed by atoms with Gasteiger partial charge in [-0.25, -0.2) is 4.79 Å². The van der Waals surface area contributed by atoms with Crippen LogP contribution < -0.4 is 11.1 Å². The predicted molar refractivity (Wildman–Crippen MR) is 78.6 cm³/mol. The summed E-state index contributed by atoms with van der Waals surface area (Å²) >= 11 is 5.78. The van der Waals surface area contributed by atoms with E-state index in [4.69, 9.17) is 22.4 Å². The van der Waals surface area contributed by atoms with Gasteiger partial charge in [0, 0.05) is 10.7 Å². The molecule has 0 bridgehead atoms. The zero-order chi connectivity index (χ0) is 15.3. The highest BCUT2D eigenvalue weighted by atomic mass is 35.5. The highest BCUT2D eigenvalue weighted by Crippen LogP contribution is 2.18. The third-order valence-electron chi connectivity index (χ3n) is 2.80. The Balaban J connectivity index is 2.68. The van der Waals surface area contributed by atoms with Gasteiger partial charge in [-0.3, -0.25) is 4.79 Å². The molecule has 0 aromatic heterocycles. The number of halogens is 1. The number of rotatable bonds is 6. The largest absolute Gasteiger partial charge is 0.480 e. The first-order chi connectivity index (χ1) is 9.29. The van der Waals surface area contributed by atoms with E-state index in [1.165, 1.54) is 0 Å². The van der Waals surface area contributed by atoms with Crippen molar-refractivity contribution in [1.82, 2.24) is 5.32 Å². The molecule has 1 aromatic carbocycles. The third kappa shape index (κ3) is 5.09. The maximum absolute atomic E-state index is 11.9. The van der Waals surface area contributed by atoms with Crippen LogP contribution in [0.25, 0.3) is 0 Å². The molecule has 0 aliphatic rings. The molecule has 0 radical (unpaired) electrons. The summed E-state index contributed by atoms with van der Waals surface area (Å²) in [6.07, 6.45) is 0.419. The van der Waals surface area contributed by atoms with Crippen LogP contribution in [0.4, 0.5) is 5.69 Å². The van der Waals surface area contributed by atoms with Crippen molar-refractivity contribution in [3.05, 3.63) is 28.8 Å². The van der Waals surface area contributed by atoms with Gasteiger partial charge in [0.05, 0.1) is 6.42 Å². The van der Waals surface area contributed by atoms with E-state index in [0.29, 0.717) is 22.7 Å². The molecule has 0 saturated carbocycles. The molecule has 0 heterocycles. The van der Waals surface area contributed by atoms with E-state index in [1.54, 1.807) is 18.2 Å². The van der Waals surface area contributed by atoms with Crippen molar-refractivity contribution < 1.29 is 14.7 Å². The molecule has 0 unspecified atom stereocenters. The zero-order valence-corrected chi connectivity index (χ0v) is 12.3. The van der Waals surface area contributed by atoms with Gasteiger partial charge >= 0.3 is 5.97 Å². The summed E-state index contributed by atoms with van der Waals surface area (Å²) in [6.45, 7) is 3.80. The summed E-state index contributed by atoms with van der Waals surface area (Å²) in [5, 5.41) is 12.1. The van der Waals surface area contributed by atoms with Gasteiger partial charge < -0.3 is 16.2 Å². The fraction of sp³-hybridized carbons (Fsp3) is 0.429. The minimum atomic E-state index is -1.03. The molecule has 1 rings (SSSR count). The molecule has 0 saturated heterocycles. The minimum absolute atomic E-state index is 0.0326. The number of nitrogens with two attached hydrogens (primary N) is 1. The van der Waals surface area contributed by atoms with Crippen molar-refractivity contribution in [2.24, 2.45) is 5.92 Å². The van der Waals surface area contributed by atoms with E-state index in [0.717, 1.165) is 0 Å². The van der Waals surface area contributed by atoms with Gasteiger partial charge in [-0.15, -0.1) is 0 Å². The summed E-state index contributed by atoms with van der Waals surface area (Å²) < 4.78 is 0. The van der Waals surface area contributed by atoms with Crippen LogP contribution >= 0.6 is 11.6 Å². The number of carbonyl (C=O) groups excluding carboxylic acids is 1. The Morgan fingerprint density at radius 2 is 2.05 bits per heavy atom. The lowest BCUT2D eigenvalue weighted by Crippen LogP contribution is -2.42. The number of nitrogen functional groups attached to an aromatic ring is 1. The van der Waals surface area contributed by atoms with E-state index in [2.05, 4.69) is 5.32 Å². The Hall–Kier alpha value is -1.75. The van der Waals surface area contributed by atoms with E-state index in [-0.39, 0.29) is 18.2 Å². The second-order valence-corrected chi connectivity index (χ2v) is 5.54. The summed E-state index contributed by atoms with van der Waals surface area (Å²) in [4.78, 5) is 23.0. The zero-order valence-electron chi connectivity index (χ0n) is 11.5. The Labute approximate surface area is 123 Å². The van der Waals surface area contributed by atoms with Crippen LogP contribution in [0.2, 0.25) is 5.02 Å². The van der Waals surface area contributed by atoms with Crippen molar-refractivity contribution in [2.45, 2.75) is 32.7 Å². The Bertz CT molecular complexity index is 503. The molecule has 5 nitrogen and oxygen atoms in total. The average Bonchev–Trinajstić information content (AvgIpc) is 2.31. The van der Waals surface area contributed by atoms with Crippen molar-refractivity contribution in [2.75, 3.05) is 5.73 Å². The van der Waals surface area contributed by atoms with Crippen molar-refractivity contribution in [1.29, 1.82) is 0 Å². The highest BCUT2D eigenvalue weighted by molar-refractivity contribution is 6.30. The number of aliphatic carboxylic acids is 1. The van der Waals surface area contributed by atoms with Crippen LogP contribution in [0.3, 0.4) is 0 Å². The standard InChI is InChI=1S/C14H19ClN2O3/c1-8(2)5-12(14(19)20)17-13(18)6-9-3-4-10(15)7-11(9)16/h3-4,7-8,12H,5-6,16H2,1-2H3,(H,17,18)(H,19,20)/t12-/m0/s1. The van der Waals surface area contributed by atoms with Crippen LogP contribution in [0.15, 0.2) is 18.2 Å². The fourth-order valence-corrected chi connectivity index (χ4v) is 2.02. The Kier molecular flexibility index (Phi) is 5.82. The van der Waals surface area contributed by atoms with Crippen molar-refractivity contribution in [3.8, 4) is 0 Å². The number of hydrogen-bond acceptors (Lipinski definition) is 3. The fourth-order valence-electron chi connectivity index (χ4n) is 1.84. The van der Waals surface area contributed by atoms with Crippen LogP contribution in [0.5, 0.6) is 0 Å². The first kappa shape index (κ1) is 16.3. The van der Waals surface area contributed by atoms with E-state index in [1.807, 2.05) is 13.8 Å². The second kappa shape index (κ2) is 7.14. The summed E-state index contributed by atoms with van der Waals surface area (Å²) in [6, 6.07) is 3.99. The van der Waals surface area contributed by atoms with E-state index < -0.39 is 12.0 Å². The van der Waals surface area contributed by atoms with Gasteiger partial charge in [0.15, 0.2) is 0 Å². The molecule has 0 fully saturated rings. The van der Waals surface area contributed by atoms with Gasteiger partial charge in [0.1, 0.15) is 6.04 Å². The normalized spacial score (nSPS) is 12.2. The molecule has 4 N–H and O–H groups in total. The molecule has 110 valence electrons. The molecular formula is C14H19ClN2O3. The van der Waals surface area contributed by atoms with Crippen LogP contribution in [-0.4, -0.2) is 23.0 Å². The first-order valence-corrected chi connectivity index (χ1v) is 6.73. The molecule has 1 atom stereocenters. The number of anilines is 1. The number of nitrogens with one attached hydrogen (secondary N) is 1. The number of benzene rings is 1. The van der Waals surface area contributed by atoms with Crippen LogP contribution in [0.1, 0.15) is 25.8 Å². The summed E-state index contributed by atoms with van der Waals surface area (Å²) in [5.74, 6) is -1.22. The van der Waals surface area contributed by atoms with Gasteiger partial charge in [-0.05, 0) is 30.0 Å². The van der Waals surface area contributed by atoms with Crippen molar-refractivity contribution >= 4 is 29.2 Å². The number of hydrogen-bond donors (Lipinski definition) is 3. The molecule has 0 aliphatic carbocycles. The highest BCUT2D eigenvalue weighted by Gasteiger charge is 2.21. The minimum Gasteiger partial charge on any atom is -0.480 e.